The van der Waals surface area contributed by atoms with E-state index in [0.29, 0.717) is 11.3 Å². The van der Waals surface area contributed by atoms with Crippen LogP contribution in [0.5, 0.6) is 0 Å². The van der Waals surface area contributed by atoms with Gasteiger partial charge in [-0.2, -0.15) is 0 Å². The Kier molecular flexibility index (Phi) is 4.34. The number of halogens is 1. The van der Waals surface area contributed by atoms with E-state index >= 15 is 0 Å². The fourth-order valence-electron chi connectivity index (χ4n) is 2.29. The summed E-state index contributed by atoms with van der Waals surface area (Å²) in [6.45, 7) is 5.49. The molecule has 88 valence electrons. The molecule has 0 saturated carbocycles. The average molecular weight is 300 g/mol. The molecule has 3 heteroatoms. The molecule has 0 spiro atoms. The third kappa shape index (κ3) is 2.31. The minimum absolute atomic E-state index is 0.530. The minimum atomic E-state index is 0.530. The average Bonchev–Trinajstić information content (AvgIpc) is 2.61. The van der Waals surface area contributed by atoms with Gasteiger partial charge in [0.1, 0.15) is 0 Å². The highest BCUT2D eigenvalue weighted by atomic mass is 79.9. The fourth-order valence-corrected chi connectivity index (χ4v) is 4.49. The van der Waals surface area contributed by atoms with Gasteiger partial charge in [0.05, 0.1) is 0 Å². The van der Waals surface area contributed by atoms with Crippen molar-refractivity contribution in [3.05, 3.63) is 28.2 Å². The summed E-state index contributed by atoms with van der Waals surface area (Å²) in [5, 5.41) is 4.31. The van der Waals surface area contributed by atoms with Gasteiger partial charge in [0, 0.05) is 20.7 Å². The number of rotatable bonds is 4. The molecule has 2 unspecified atom stereocenters. The van der Waals surface area contributed by atoms with E-state index < -0.39 is 0 Å². The Morgan fingerprint density at radius 1 is 1.38 bits per heavy atom. The SMILES string of the molecule is CCCC1Sc2c(Br)cccc2C1NCC. The summed E-state index contributed by atoms with van der Waals surface area (Å²) in [6.07, 6.45) is 2.54. The lowest BCUT2D eigenvalue weighted by Gasteiger charge is -2.19. The van der Waals surface area contributed by atoms with E-state index in [1.807, 2.05) is 11.8 Å². The lowest BCUT2D eigenvalue weighted by atomic mass is 10.0. The molecule has 0 aliphatic carbocycles. The summed E-state index contributed by atoms with van der Waals surface area (Å²) in [6, 6.07) is 7.07. The highest BCUT2D eigenvalue weighted by Crippen LogP contribution is 2.48. The van der Waals surface area contributed by atoms with Crippen molar-refractivity contribution in [1.29, 1.82) is 0 Å². The number of nitrogens with one attached hydrogen (secondary N) is 1. The second-order valence-corrected chi connectivity index (χ2v) is 6.24. The molecule has 16 heavy (non-hydrogen) atoms. The molecular formula is C13H18BrNS. The molecule has 1 aliphatic heterocycles. The van der Waals surface area contributed by atoms with Crippen LogP contribution < -0.4 is 5.32 Å². The Labute approximate surface area is 111 Å². The molecule has 1 aromatic rings. The van der Waals surface area contributed by atoms with E-state index in [-0.39, 0.29) is 0 Å². The van der Waals surface area contributed by atoms with Crippen LogP contribution >= 0.6 is 27.7 Å². The molecule has 2 atom stereocenters. The first-order valence-electron chi connectivity index (χ1n) is 5.96. The maximum atomic E-state index is 3.66. The maximum absolute atomic E-state index is 3.66. The molecule has 0 radical (unpaired) electrons. The van der Waals surface area contributed by atoms with Gasteiger partial charge in [-0.3, -0.25) is 0 Å². The van der Waals surface area contributed by atoms with Gasteiger partial charge in [-0.05, 0) is 40.5 Å². The molecule has 1 N–H and O–H groups in total. The molecule has 1 aliphatic rings. The van der Waals surface area contributed by atoms with Gasteiger partial charge in [0.15, 0.2) is 0 Å². The number of hydrogen-bond donors (Lipinski definition) is 1. The van der Waals surface area contributed by atoms with Gasteiger partial charge in [0.2, 0.25) is 0 Å². The van der Waals surface area contributed by atoms with Crippen molar-refractivity contribution < 1.29 is 0 Å². The van der Waals surface area contributed by atoms with E-state index in [0.717, 1.165) is 6.54 Å². The lowest BCUT2D eigenvalue weighted by molar-refractivity contribution is 0.513. The molecule has 0 fully saturated rings. The highest BCUT2D eigenvalue weighted by molar-refractivity contribution is 9.10. The number of thioether (sulfide) groups is 1. The second-order valence-electron chi connectivity index (χ2n) is 4.14. The van der Waals surface area contributed by atoms with Crippen LogP contribution in [0.4, 0.5) is 0 Å². The highest BCUT2D eigenvalue weighted by Gasteiger charge is 2.32. The lowest BCUT2D eigenvalue weighted by Crippen LogP contribution is -2.26. The smallest absolute Gasteiger partial charge is 0.0455 e. The summed E-state index contributed by atoms with van der Waals surface area (Å²) >= 11 is 5.68. The van der Waals surface area contributed by atoms with Crippen LogP contribution in [0.15, 0.2) is 27.6 Å². The Balaban J connectivity index is 2.29. The summed E-state index contributed by atoms with van der Waals surface area (Å²) in [4.78, 5) is 1.44. The molecule has 0 amide bonds. The van der Waals surface area contributed by atoms with Gasteiger partial charge in [-0.15, -0.1) is 11.8 Å². The van der Waals surface area contributed by atoms with Gasteiger partial charge in [-0.1, -0.05) is 32.4 Å². The van der Waals surface area contributed by atoms with Gasteiger partial charge >= 0.3 is 0 Å². The van der Waals surface area contributed by atoms with Crippen molar-refractivity contribution in [3.63, 3.8) is 0 Å². The zero-order valence-electron chi connectivity index (χ0n) is 9.79. The van der Waals surface area contributed by atoms with Gasteiger partial charge in [0.25, 0.3) is 0 Å². The van der Waals surface area contributed by atoms with Crippen LogP contribution in [0.25, 0.3) is 0 Å². The van der Waals surface area contributed by atoms with E-state index in [1.165, 1.54) is 27.8 Å². The molecule has 1 heterocycles. The third-order valence-electron chi connectivity index (χ3n) is 2.97. The normalized spacial score (nSPS) is 23.4. The topological polar surface area (TPSA) is 12.0 Å². The summed E-state index contributed by atoms with van der Waals surface area (Å²) in [5.41, 5.74) is 1.47. The van der Waals surface area contributed by atoms with Crippen LogP contribution in [0.1, 0.15) is 38.3 Å². The first-order chi connectivity index (χ1) is 7.77. The molecule has 2 rings (SSSR count). The largest absolute Gasteiger partial charge is 0.309 e. The van der Waals surface area contributed by atoms with Crippen molar-refractivity contribution in [2.45, 2.75) is 42.9 Å². The van der Waals surface area contributed by atoms with Crippen molar-refractivity contribution in [2.24, 2.45) is 0 Å². The predicted octanol–water partition coefficient (Wildman–Crippen LogP) is 4.37. The maximum Gasteiger partial charge on any atom is 0.0455 e. The zero-order valence-corrected chi connectivity index (χ0v) is 12.2. The molecule has 1 aromatic carbocycles. The van der Waals surface area contributed by atoms with Crippen LogP contribution in [-0.2, 0) is 0 Å². The molecule has 0 aromatic heterocycles. The van der Waals surface area contributed by atoms with E-state index in [2.05, 4.69) is 53.3 Å². The first-order valence-corrected chi connectivity index (χ1v) is 7.63. The third-order valence-corrected chi connectivity index (χ3v) is 5.40. The van der Waals surface area contributed by atoms with Crippen molar-refractivity contribution in [2.75, 3.05) is 6.54 Å². The summed E-state index contributed by atoms with van der Waals surface area (Å²) in [7, 11) is 0. The van der Waals surface area contributed by atoms with Gasteiger partial charge in [-0.25, -0.2) is 0 Å². The molecule has 1 nitrogen and oxygen atoms in total. The van der Waals surface area contributed by atoms with Gasteiger partial charge < -0.3 is 5.32 Å². The Morgan fingerprint density at radius 2 is 2.19 bits per heavy atom. The number of benzene rings is 1. The van der Waals surface area contributed by atoms with Crippen molar-refractivity contribution in [3.8, 4) is 0 Å². The van der Waals surface area contributed by atoms with Crippen LogP contribution in [-0.4, -0.2) is 11.8 Å². The monoisotopic (exact) mass is 299 g/mol. The Hall–Kier alpha value is 0.01000. The second kappa shape index (κ2) is 5.56. The minimum Gasteiger partial charge on any atom is -0.309 e. The molecular weight excluding hydrogens is 282 g/mol. The van der Waals surface area contributed by atoms with E-state index in [1.54, 1.807) is 0 Å². The number of hydrogen-bond acceptors (Lipinski definition) is 2. The predicted molar refractivity (Wildman–Crippen MR) is 75.1 cm³/mol. The van der Waals surface area contributed by atoms with Crippen LogP contribution in [0.3, 0.4) is 0 Å². The summed E-state index contributed by atoms with van der Waals surface area (Å²) < 4.78 is 1.25. The summed E-state index contributed by atoms with van der Waals surface area (Å²) in [5.74, 6) is 0. The Morgan fingerprint density at radius 3 is 2.88 bits per heavy atom. The standard InChI is InChI=1S/C13H18BrNS/c1-3-6-11-12(15-4-2)9-7-5-8-10(14)13(9)16-11/h5,7-8,11-12,15H,3-4,6H2,1-2H3. The quantitative estimate of drug-likeness (QED) is 0.886. The first kappa shape index (κ1) is 12.5. The molecule has 0 saturated heterocycles. The van der Waals surface area contributed by atoms with Crippen molar-refractivity contribution >= 4 is 27.7 Å². The zero-order chi connectivity index (χ0) is 11.5. The number of fused-ring (bicyclic) bond motifs is 1. The van der Waals surface area contributed by atoms with E-state index in [9.17, 15) is 0 Å². The Bertz CT molecular complexity index is 367. The fraction of sp³-hybridized carbons (Fsp3) is 0.538. The van der Waals surface area contributed by atoms with Crippen LogP contribution in [0, 0.1) is 0 Å². The van der Waals surface area contributed by atoms with Crippen LogP contribution in [0.2, 0.25) is 0 Å². The van der Waals surface area contributed by atoms with Crippen molar-refractivity contribution in [1.82, 2.24) is 5.32 Å². The molecule has 0 bridgehead atoms. The van der Waals surface area contributed by atoms with E-state index in [4.69, 9.17) is 0 Å².